The third-order valence-electron chi connectivity index (χ3n) is 3.26. The molecule has 2 rings (SSSR count). The molecule has 2 atom stereocenters. The predicted molar refractivity (Wildman–Crippen MR) is 74.4 cm³/mol. The fourth-order valence-electron chi connectivity index (χ4n) is 2.16. The minimum absolute atomic E-state index is 0.104. The van der Waals surface area contributed by atoms with E-state index in [-0.39, 0.29) is 22.4 Å². The van der Waals surface area contributed by atoms with Gasteiger partial charge < -0.3 is 15.4 Å². The van der Waals surface area contributed by atoms with E-state index in [0.29, 0.717) is 13.2 Å². The fraction of sp³-hybridized carbons (Fsp3) is 0.538. The van der Waals surface area contributed by atoms with Crippen LogP contribution < -0.4 is 5.73 Å². The number of alkyl halides is 3. The van der Waals surface area contributed by atoms with E-state index in [9.17, 15) is 17.4 Å². The molecule has 0 spiro atoms. The number of ether oxygens (including phenoxy) is 1. The minimum Gasteiger partial charge on any atom is -0.398 e. The molecule has 1 aliphatic rings. The molecule has 21 heavy (non-hydrogen) atoms. The van der Waals surface area contributed by atoms with E-state index in [2.05, 4.69) is 4.90 Å². The third-order valence-corrected chi connectivity index (χ3v) is 4.80. The summed E-state index contributed by atoms with van der Waals surface area (Å²) in [7, 11) is 0.449. The molecule has 0 aliphatic carbocycles. The first-order valence-electron chi connectivity index (χ1n) is 6.42. The molecule has 0 saturated carbocycles. The average molecular weight is 322 g/mol. The Morgan fingerprint density at radius 2 is 2.19 bits per heavy atom. The number of hydrogen-bond donors (Lipinski definition) is 1. The second-order valence-electron chi connectivity index (χ2n) is 5.02. The van der Waals surface area contributed by atoms with E-state index < -0.39 is 22.5 Å². The lowest BCUT2D eigenvalue weighted by Gasteiger charge is -2.29. The summed E-state index contributed by atoms with van der Waals surface area (Å²) in [5.41, 5.74) is 4.66. The quantitative estimate of drug-likeness (QED) is 0.861. The maximum Gasteiger partial charge on any atom is 0.416 e. The van der Waals surface area contributed by atoms with Gasteiger partial charge in [0.2, 0.25) is 0 Å². The van der Waals surface area contributed by atoms with Gasteiger partial charge in [0.05, 0.1) is 39.7 Å². The van der Waals surface area contributed by atoms with Gasteiger partial charge in [-0.1, -0.05) is 0 Å². The Labute approximate surface area is 123 Å². The number of hydrogen-bond acceptors (Lipinski definition) is 4. The molecule has 1 saturated heterocycles. The van der Waals surface area contributed by atoms with Crippen LogP contribution >= 0.6 is 0 Å². The number of benzene rings is 1. The molecule has 8 heteroatoms. The zero-order chi connectivity index (χ0) is 15.6. The van der Waals surface area contributed by atoms with Crippen molar-refractivity contribution in [3.05, 3.63) is 23.8 Å². The molecule has 4 nitrogen and oxygen atoms in total. The van der Waals surface area contributed by atoms with Crippen molar-refractivity contribution in [1.82, 2.24) is 4.90 Å². The molecule has 1 aromatic rings. The van der Waals surface area contributed by atoms with Crippen molar-refractivity contribution in [3.8, 4) is 0 Å². The maximum absolute atomic E-state index is 12.6. The van der Waals surface area contributed by atoms with Crippen LogP contribution in [0.25, 0.3) is 0 Å². The van der Waals surface area contributed by atoms with Crippen LogP contribution in [0.2, 0.25) is 0 Å². The summed E-state index contributed by atoms with van der Waals surface area (Å²) in [5, 5.41) is 0. The summed E-state index contributed by atoms with van der Waals surface area (Å²) in [6, 6.07) is 2.90. The van der Waals surface area contributed by atoms with Crippen molar-refractivity contribution in [2.24, 2.45) is 0 Å². The lowest BCUT2D eigenvalue weighted by atomic mass is 10.2. The largest absolute Gasteiger partial charge is 0.416 e. The van der Waals surface area contributed by atoms with Crippen molar-refractivity contribution in [1.29, 1.82) is 0 Å². The van der Waals surface area contributed by atoms with Gasteiger partial charge in [-0.2, -0.15) is 13.2 Å². The molecular weight excluding hydrogens is 305 g/mol. The number of nitrogens with zero attached hydrogens (tertiary/aromatic N) is 1. The third kappa shape index (κ3) is 4.18. The summed E-state index contributed by atoms with van der Waals surface area (Å²) in [4.78, 5) is 2.28. The van der Waals surface area contributed by atoms with E-state index in [1.165, 1.54) is 6.07 Å². The predicted octanol–water partition coefficient (Wildman–Crippen LogP) is 1.73. The zero-order valence-corrected chi connectivity index (χ0v) is 12.3. The van der Waals surface area contributed by atoms with Gasteiger partial charge in [-0.05, 0) is 25.2 Å². The Morgan fingerprint density at radius 3 is 2.76 bits per heavy atom. The van der Waals surface area contributed by atoms with Crippen LogP contribution in [0.1, 0.15) is 5.56 Å². The smallest absolute Gasteiger partial charge is 0.398 e. The van der Waals surface area contributed by atoms with Crippen molar-refractivity contribution in [2.45, 2.75) is 17.2 Å². The minimum atomic E-state index is -4.46. The second kappa shape index (κ2) is 6.33. The molecule has 1 aromatic carbocycles. The molecule has 1 heterocycles. The Bertz CT molecular complexity index is 537. The Hall–Kier alpha value is -1.12. The summed E-state index contributed by atoms with van der Waals surface area (Å²) in [5.74, 6) is 0.222. The molecule has 2 unspecified atom stereocenters. The first-order chi connectivity index (χ1) is 9.77. The molecule has 118 valence electrons. The highest BCUT2D eigenvalue weighted by molar-refractivity contribution is 7.85. The number of morpholine rings is 1. The lowest BCUT2D eigenvalue weighted by molar-refractivity contribution is -0.137. The molecule has 0 aromatic heterocycles. The van der Waals surface area contributed by atoms with Crippen LogP contribution in [0.15, 0.2) is 23.1 Å². The SMILES string of the molecule is CN1CCOC(CS(=O)c2ccc(C(F)(F)F)cc2N)C1. The number of likely N-dealkylation sites (N-methyl/N-ethyl adjacent to an activating group) is 1. The van der Waals surface area contributed by atoms with E-state index in [4.69, 9.17) is 10.5 Å². The van der Waals surface area contributed by atoms with Crippen LogP contribution in [0, 0.1) is 0 Å². The van der Waals surface area contributed by atoms with Crippen molar-refractivity contribution in [3.63, 3.8) is 0 Å². The van der Waals surface area contributed by atoms with E-state index in [1.807, 2.05) is 7.05 Å². The Morgan fingerprint density at radius 1 is 1.48 bits per heavy atom. The van der Waals surface area contributed by atoms with Crippen LogP contribution in [0.3, 0.4) is 0 Å². The van der Waals surface area contributed by atoms with Gasteiger partial charge in [-0.3, -0.25) is 4.21 Å². The number of anilines is 1. The van der Waals surface area contributed by atoms with Gasteiger partial charge in [0.15, 0.2) is 0 Å². The molecule has 2 N–H and O–H groups in total. The van der Waals surface area contributed by atoms with Crippen molar-refractivity contribution in [2.75, 3.05) is 38.2 Å². The summed E-state index contributed by atoms with van der Waals surface area (Å²) >= 11 is 0. The number of nitrogen functional groups attached to an aromatic ring is 1. The zero-order valence-electron chi connectivity index (χ0n) is 11.5. The van der Waals surface area contributed by atoms with Gasteiger partial charge in [-0.15, -0.1) is 0 Å². The Balaban J connectivity index is 2.09. The summed E-state index contributed by atoms with van der Waals surface area (Å²) in [6.07, 6.45) is -4.66. The van der Waals surface area contributed by atoms with Gasteiger partial charge in [-0.25, -0.2) is 0 Å². The Kier molecular flexibility index (Phi) is 4.90. The fourth-order valence-corrected chi connectivity index (χ4v) is 3.42. The first-order valence-corrected chi connectivity index (χ1v) is 7.74. The van der Waals surface area contributed by atoms with Crippen LogP contribution in [0.4, 0.5) is 18.9 Å². The second-order valence-corrected chi connectivity index (χ2v) is 6.48. The normalized spacial score (nSPS) is 22.2. The monoisotopic (exact) mass is 322 g/mol. The van der Waals surface area contributed by atoms with Crippen LogP contribution in [-0.2, 0) is 21.7 Å². The summed E-state index contributed by atoms with van der Waals surface area (Å²) in [6.45, 7) is 2.01. The number of rotatable bonds is 3. The topological polar surface area (TPSA) is 55.6 Å². The molecular formula is C13H17F3N2O2S. The number of halogens is 3. The van der Waals surface area contributed by atoms with Crippen molar-refractivity contribution >= 4 is 16.5 Å². The standard InChI is InChI=1S/C13H17F3N2O2S/c1-18-4-5-20-10(7-18)8-21(19)12-3-2-9(6-11(12)17)13(14,15)16/h2-3,6,10H,4-5,7-8,17H2,1H3. The van der Waals surface area contributed by atoms with E-state index >= 15 is 0 Å². The first kappa shape index (κ1) is 16.3. The van der Waals surface area contributed by atoms with Gasteiger partial charge in [0.1, 0.15) is 0 Å². The molecule has 1 aliphatic heterocycles. The van der Waals surface area contributed by atoms with E-state index in [0.717, 1.165) is 18.7 Å². The molecule has 0 radical (unpaired) electrons. The molecule has 0 bridgehead atoms. The number of nitrogens with two attached hydrogens (primary N) is 1. The van der Waals surface area contributed by atoms with Gasteiger partial charge in [0, 0.05) is 18.8 Å². The highest BCUT2D eigenvalue weighted by atomic mass is 32.2. The average Bonchev–Trinajstić information content (AvgIpc) is 2.37. The van der Waals surface area contributed by atoms with Crippen LogP contribution in [-0.4, -0.2) is 47.7 Å². The highest BCUT2D eigenvalue weighted by Crippen LogP contribution is 2.32. The highest BCUT2D eigenvalue weighted by Gasteiger charge is 2.31. The van der Waals surface area contributed by atoms with Gasteiger partial charge >= 0.3 is 6.18 Å². The maximum atomic E-state index is 12.6. The lowest BCUT2D eigenvalue weighted by Crippen LogP contribution is -2.42. The summed E-state index contributed by atoms with van der Waals surface area (Å²) < 4.78 is 55.4. The van der Waals surface area contributed by atoms with Gasteiger partial charge in [0.25, 0.3) is 0 Å². The molecule has 0 amide bonds. The van der Waals surface area contributed by atoms with Crippen LogP contribution in [0.5, 0.6) is 0 Å². The van der Waals surface area contributed by atoms with Crippen molar-refractivity contribution < 1.29 is 22.1 Å². The molecule has 1 fully saturated rings. The van der Waals surface area contributed by atoms with E-state index in [1.54, 1.807) is 0 Å².